The number of fused-ring (bicyclic) bond motifs is 4. The van der Waals surface area contributed by atoms with E-state index in [9.17, 15) is 24.3 Å². The lowest BCUT2D eigenvalue weighted by atomic mass is 9.83. The number of nitrogens with zero attached hydrogens (tertiary/aromatic N) is 2. The Morgan fingerprint density at radius 1 is 1.06 bits per heavy atom. The van der Waals surface area contributed by atoms with Gasteiger partial charge in [0.2, 0.25) is 0 Å². The van der Waals surface area contributed by atoms with Gasteiger partial charge in [0.05, 0.1) is 5.56 Å². The quantitative estimate of drug-likeness (QED) is 0.677. The molecule has 0 radical (unpaired) electrons. The Morgan fingerprint density at radius 2 is 1.81 bits per heavy atom. The smallest absolute Gasteiger partial charge is 0.335 e. The van der Waals surface area contributed by atoms with Crippen LogP contribution in [0.5, 0.6) is 0 Å². The van der Waals surface area contributed by atoms with Crippen molar-refractivity contribution in [2.24, 2.45) is 5.92 Å². The van der Waals surface area contributed by atoms with Gasteiger partial charge in [0.15, 0.2) is 0 Å². The molecule has 1 saturated heterocycles. The van der Waals surface area contributed by atoms with Crippen molar-refractivity contribution in [3.63, 3.8) is 0 Å². The maximum absolute atomic E-state index is 13.1. The van der Waals surface area contributed by atoms with E-state index in [4.69, 9.17) is 0 Å². The minimum atomic E-state index is -1.07. The Bertz CT molecular complexity index is 1140. The van der Waals surface area contributed by atoms with Crippen molar-refractivity contribution in [3.8, 4) is 0 Å². The third kappa shape index (κ3) is 4.23. The molecule has 0 saturated carbocycles. The van der Waals surface area contributed by atoms with Gasteiger partial charge in [-0.2, -0.15) is 0 Å². The number of urea groups is 1. The van der Waals surface area contributed by atoms with Crippen LogP contribution in [0.15, 0.2) is 41.2 Å². The zero-order chi connectivity index (χ0) is 23.0. The normalized spacial score (nSPS) is 19.3. The Balaban J connectivity index is 1.55. The van der Waals surface area contributed by atoms with E-state index < -0.39 is 12.0 Å². The highest BCUT2D eigenvalue weighted by Crippen LogP contribution is 2.36. The molecule has 0 unspecified atom stereocenters. The molecule has 9 heteroatoms. The molecule has 3 amide bonds. The van der Waals surface area contributed by atoms with Gasteiger partial charge >= 0.3 is 12.0 Å². The first-order chi connectivity index (χ1) is 15.2. The fraction of sp³-hybridized carbons (Fsp3) is 0.391. The molecule has 168 valence electrons. The molecule has 2 atom stereocenters. The molecular formula is C23H26N4O5. The largest absolute Gasteiger partial charge is 0.478 e. The summed E-state index contributed by atoms with van der Waals surface area (Å²) < 4.78 is 1.71. The number of carboxylic acid groups (broad SMARTS) is 1. The van der Waals surface area contributed by atoms with Crippen molar-refractivity contribution >= 4 is 23.6 Å². The second kappa shape index (κ2) is 8.49. The van der Waals surface area contributed by atoms with E-state index >= 15 is 0 Å². The van der Waals surface area contributed by atoms with Crippen LogP contribution >= 0.6 is 0 Å². The van der Waals surface area contributed by atoms with Crippen LogP contribution in [0.1, 0.15) is 52.6 Å². The number of carbonyl (C=O) groups is 3. The molecule has 1 aromatic carbocycles. The van der Waals surface area contributed by atoms with Crippen molar-refractivity contribution in [2.75, 3.05) is 18.4 Å². The zero-order valence-corrected chi connectivity index (χ0v) is 18.0. The number of piperidine rings is 1. The number of pyridine rings is 1. The average molecular weight is 438 g/mol. The topological polar surface area (TPSA) is 121 Å². The number of amides is 3. The molecule has 4 rings (SSSR count). The van der Waals surface area contributed by atoms with Gasteiger partial charge < -0.3 is 25.2 Å². The van der Waals surface area contributed by atoms with E-state index in [1.54, 1.807) is 27.7 Å². The van der Waals surface area contributed by atoms with Crippen LogP contribution in [0.3, 0.4) is 0 Å². The van der Waals surface area contributed by atoms with Crippen LogP contribution in [0, 0.1) is 5.92 Å². The molecule has 2 bridgehead atoms. The van der Waals surface area contributed by atoms with Gasteiger partial charge in [-0.05, 0) is 56.5 Å². The summed E-state index contributed by atoms with van der Waals surface area (Å²) in [5.41, 5.74) is 1.25. The zero-order valence-electron chi connectivity index (χ0n) is 18.0. The van der Waals surface area contributed by atoms with Crippen LogP contribution < -0.4 is 16.2 Å². The molecule has 0 spiro atoms. The molecule has 3 heterocycles. The standard InChI is InChI=1S/C23H26N4O5/c1-13(2)24-23(32)25-18-6-7-19-17-8-14(11-27(19)21(18)29)10-26(12-17)20(28)15-4-3-5-16(9-15)22(30)31/h3-7,9,13-14,17H,8,10-12H2,1-2H3,(H,30,31)(H2,24,25,32)/t14-,17+/m0/s1. The van der Waals surface area contributed by atoms with Gasteiger partial charge in [-0.25, -0.2) is 9.59 Å². The summed E-state index contributed by atoms with van der Waals surface area (Å²) >= 11 is 0. The monoisotopic (exact) mass is 438 g/mol. The highest BCUT2D eigenvalue weighted by molar-refractivity contribution is 5.97. The maximum Gasteiger partial charge on any atom is 0.335 e. The highest BCUT2D eigenvalue weighted by atomic mass is 16.4. The fourth-order valence-electron chi connectivity index (χ4n) is 4.60. The summed E-state index contributed by atoms with van der Waals surface area (Å²) in [4.78, 5) is 51.0. The van der Waals surface area contributed by atoms with E-state index in [0.717, 1.165) is 12.1 Å². The number of rotatable bonds is 4. The van der Waals surface area contributed by atoms with Gasteiger partial charge in [-0.3, -0.25) is 9.59 Å². The van der Waals surface area contributed by atoms with Gasteiger partial charge in [0.25, 0.3) is 11.5 Å². The fourth-order valence-corrected chi connectivity index (χ4v) is 4.60. The molecule has 2 aliphatic heterocycles. The number of benzene rings is 1. The Hall–Kier alpha value is -3.62. The predicted octanol–water partition coefficient (Wildman–Crippen LogP) is 2.34. The van der Waals surface area contributed by atoms with Crippen LogP contribution in [0.25, 0.3) is 0 Å². The van der Waals surface area contributed by atoms with Gasteiger partial charge in [-0.15, -0.1) is 0 Å². The van der Waals surface area contributed by atoms with Crippen molar-refractivity contribution in [1.29, 1.82) is 0 Å². The summed E-state index contributed by atoms with van der Waals surface area (Å²) in [5.74, 6) is -1.18. The molecule has 32 heavy (non-hydrogen) atoms. The number of hydrogen-bond donors (Lipinski definition) is 3. The summed E-state index contributed by atoms with van der Waals surface area (Å²) in [6.07, 6.45) is 0.874. The number of carboxylic acids is 1. The molecule has 2 aliphatic rings. The van der Waals surface area contributed by atoms with Crippen LogP contribution in [-0.4, -0.2) is 51.6 Å². The number of anilines is 1. The first-order valence-corrected chi connectivity index (χ1v) is 10.7. The lowest BCUT2D eigenvalue weighted by molar-refractivity contribution is 0.0594. The van der Waals surface area contributed by atoms with Gasteiger partial charge in [0.1, 0.15) is 5.69 Å². The van der Waals surface area contributed by atoms with E-state index in [0.29, 0.717) is 25.2 Å². The average Bonchev–Trinajstić information content (AvgIpc) is 2.75. The van der Waals surface area contributed by atoms with E-state index in [-0.39, 0.29) is 40.6 Å². The number of aromatic nitrogens is 1. The van der Waals surface area contributed by atoms with Crippen LogP contribution in [-0.2, 0) is 6.54 Å². The lowest BCUT2D eigenvalue weighted by Crippen LogP contribution is -2.49. The number of aromatic carboxylic acids is 1. The minimum absolute atomic E-state index is 0.000321. The van der Waals surface area contributed by atoms with Crippen molar-refractivity contribution in [3.05, 3.63) is 63.6 Å². The summed E-state index contributed by atoms with van der Waals surface area (Å²) in [5, 5.41) is 14.5. The van der Waals surface area contributed by atoms with E-state index in [2.05, 4.69) is 10.6 Å². The first-order valence-electron chi connectivity index (χ1n) is 10.7. The lowest BCUT2D eigenvalue weighted by Gasteiger charge is -2.43. The Labute approximate surface area is 185 Å². The van der Waals surface area contributed by atoms with Crippen LogP contribution in [0.4, 0.5) is 10.5 Å². The molecule has 3 N–H and O–H groups in total. The van der Waals surface area contributed by atoms with Gasteiger partial charge in [-0.1, -0.05) is 6.07 Å². The molecule has 1 aromatic heterocycles. The first kappa shape index (κ1) is 21.6. The summed E-state index contributed by atoms with van der Waals surface area (Å²) in [7, 11) is 0. The minimum Gasteiger partial charge on any atom is -0.478 e. The molecule has 2 aromatic rings. The molecular weight excluding hydrogens is 412 g/mol. The summed E-state index contributed by atoms with van der Waals surface area (Å²) in [6.45, 7) is 5.08. The highest BCUT2D eigenvalue weighted by Gasteiger charge is 2.37. The van der Waals surface area contributed by atoms with Crippen LogP contribution in [0.2, 0.25) is 0 Å². The second-order valence-electron chi connectivity index (χ2n) is 8.74. The SMILES string of the molecule is CC(C)NC(=O)Nc1ccc2n(c1=O)C[C@H]1C[C@@H]2CN(C(=O)c2cccc(C(=O)O)c2)C1. The second-order valence-corrected chi connectivity index (χ2v) is 8.74. The van der Waals surface area contributed by atoms with Gasteiger partial charge in [0, 0.05) is 42.9 Å². The number of likely N-dealkylation sites (tertiary alicyclic amines) is 1. The summed E-state index contributed by atoms with van der Waals surface area (Å²) in [6, 6.07) is 9.03. The van der Waals surface area contributed by atoms with Crippen molar-refractivity contribution < 1.29 is 19.5 Å². The molecule has 9 nitrogen and oxygen atoms in total. The van der Waals surface area contributed by atoms with Crippen molar-refractivity contribution in [1.82, 2.24) is 14.8 Å². The number of nitrogens with one attached hydrogen (secondary N) is 2. The van der Waals surface area contributed by atoms with E-state index in [1.807, 2.05) is 19.9 Å². The maximum atomic E-state index is 13.1. The van der Waals surface area contributed by atoms with Crippen molar-refractivity contribution in [2.45, 2.75) is 38.8 Å². The predicted molar refractivity (Wildman–Crippen MR) is 118 cm³/mol. The number of carbonyl (C=O) groups excluding carboxylic acids is 2. The number of hydrogen-bond acceptors (Lipinski definition) is 4. The Kier molecular flexibility index (Phi) is 5.73. The third-order valence-corrected chi connectivity index (χ3v) is 5.92. The molecule has 0 aliphatic carbocycles. The third-order valence-electron chi connectivity index (χ3n) is 5.92. The Morgan fingerprint density at radius 3 is 2.53 bits per heavy atom. The molecule has 1 fully saturated rings. The van der Waals surface area contributed by atoms with E-state index in [1.165, 1.54) is 12.1 Å².